The molecule has 102 valence electrons. The number of rotatable bonds is 5. The molecule has 1 aromatic rings. The maximum atomic E-state index is 12.9. The second-order valence-electron chi connectivity index (χ2n) is 4.73. The van der Waals surface area contributed by atoms with E-state index >= 15 is 0 Å². The van der Waals surface area contributed by atoms with Gasteiger partial charge in [-0.1, -0.05) is 49.8 Å². The summed E-state index contributed by atoms with van der Waals surface area (Å²) in [6.07, 6.45) is 8.49. The molecule has 0 radical (unpaired) electrons. The zero-order valence-electron chi connectivity index (χ0n) is 12.3. The molecule has 0 amide bonds. The summed E-state index contributed by atoms with van der Waals surface area (Å²) >= 11 is 0. The molecule has 1 rings (SSSR count). The lowest BCUT2D eigenvalue weighted by atomic mass is 9.98. The third kappa shape index (κ3) is 4.86. The molecule has 0 aromatic heterocycles. The predicted octanol–water partition coefficient (Wildman–Crippen LogP) is 5.92. The summed E-state index contributed by atoms with van der Waals surface area (Å²) in [5, 5.41) is 0. The highest BCUT2D eigenvalue weighted by molar-refractivity contribution is 5.57. The van der Waals surface area contributed by atoms with E-state index in [2.05, 4.69) is 39.8 Å². The minimum Gasteiger partial charge on any atom is -0.207 e. The maximum Gasteiger partial charge on any atom is 0.123 e. The normalized spacial score (nSPS) is 13.8. The predicted molar refractivity (Wildman–Crippen MR) is 82.5 cm³/mol. The Balaban J connectivity index is 3.02. The van der Waals surface area contributed by atoms with E-state index in [1.54, 1.807) is 12.1 Å². The van der Waals surface area contributed by atoms with Gasteiger partial charge in [-0.2, -0.15) is 0 Å². The number of hydrogen-bond donors (Lipinski definition) is 0. The quantitative estimate of drug-likeness (QED) is 0.575. The molecule has 1 aromatic carbocycles. The van der Waals surface area contributed by atoms with Crippen LogP contribution >= 0.6 is 0 Å². The van der Waals surface area contributed by atoms with Gasteiger partial charge in [-0.15, -0.1) is 0 Å². The van der Waals surface area contributed by atoms with Crippen LogP contribution in [0.5, 0.6) is 0 Å². The Kier molecular flexibility index (Phi) is 6.27. The van der Waals surface area contributed by atoms with Crippen LogP contribution in [0.2, 0.25) is 0 Å². The number of halogens is 1. The summed E-state index contributed by atoms with van der Waals surface area (Å²) in [6.45, 7) is 8.62. The van der Waals surface area contributed by atoms with E-state index in [9.17, 15) is 4.39 Å². The summed E-state index contributed by atoms with van der Waals surface area (Å²) in [4.78, 5) is 0. The first-order valence-corrected chi connectivity index (χ1v) is 6.89. The lowest BCUT2D eigenvalue weighted by Crippen LogP contribution is -1.88. The summed E-state index contributed by atoms with van der Waals surface area (Å²) in [5.74, 6) is -0.195. The largest absolute Gasteiger partial charge is 0.207 e. The van der Waals surface area contributed by atoms with Gasteiger partial charge in [0.25, 0.3) is 0 Å². The Morgan fingerprint density at radius 1 is 1.11 bits per heavy atom. The molecule has 0 heterocycles. The summed E-state index contributed by atoms with van der Waals surface area (Å²) in [5.41, 5.74) is 4.99. The Morgan fingerprint density at radius 3 is 2.26 bits per heavy atom. The molecule has 0 fully saturated rings. The highest BCUT2D eigenvalue weighted by Crippen LogP contribution is 2.20. The number of allylic oxidation sites excluding steroid dienone is 5. The van der Waals surface area contributed by atoms with Crippen LogP contribution in [0.3, 0.4) is 0 Å². The molecule has 0 saturated carbocycles. The molecular weight excluding hydrogens is 235 g/mol. The maximum absolute atomic E-state index is 12.9. The summed E-state index contributed by atoms with van der Waals surface area (Å²) < 4.78 is 12.9. The molecule has 0 aliphatic carbocycles. The van der Waals surface area contributed by atoms with E-state index in [1.807, 2.05) is 6.08 Å². The molecule has 0 atom stereocenters. The molecule has 0 aliphatic heterocycles. The summed E-state index contributed by atoms with van der Waals surface area (Å²) in [6, 6.07) is 6.57. The monoisotopic (exact) mass is 258 g/mol. The molecule has 0 aliphatic rings. The van der Waals surface area contributed by atoms with Crippen molar-refractivity contribution >= 4 is 6.08 Å². The third-order valence-corrected chi connectivity index (χ3v) is 3.24. The zero-order chi connectivity index (χ0) is 14.3. The van der Waals surface area contributed by atoms with Crippen molar-refractivity contribution in [3.05, 3.63) is 64.5 Å². The van der Waals surface area contributed by atoms with Gasteiger partial charge in [0.05, 0.1) is 0 Å². The van der Waals surface area contributed by atoms with Gasteiger partial charge in [0.2, 0.25) is 0 Å². The zero-order valence-corrected chi connectivity index (χ0v) is 12.3. The fourth-order valence-corrected chi connectivity index (χ4v) is 1.97. The van der Waals surface area contributed by atoms with Gasteiger partial charge in [0, 0.05) is 0 Å². The van der Waals surface area contributed by atoms with Crippen LogP contribution < -0.4 is 0 Å². The lowest BCUT2D eigenvalue weighted by Gasteiger charge is -2.08. The molecule has 0 spiro atoms. The molecule has 0 unspecified atom stereocenters. The van der Waals surface area contributed by atoms with Crippen molar-refractivity contribution in [3.63, 3.8) is 0 Å². The average Bonchev–Trinajstić information content (AvgIpc) is 2.41. The Morgan fingerprint density at radius 2 is 1.74 bits per heavy atom. The molecule has 1 heteroatoms. The summed E-state index contributed by atoms with van der Waals surface area (Å²) in [7, 11) is 0. The van der Waals surface area contributed by atoms with Crippen LogP contribution in [-0.2, 0) is 0 Å². The molecule has 19 heavy (non-hydrogen) atoms. The third-order valence-electron chi connectivity index (χ3n) is 3.24. The van der Waals surface area contributed by atoms with Gasteiger partial charge < -0.3 is 0 Å². The van der Waals surface area contributed by atoms with Gasteiger partial charge >= 0.3 is 0 Å². The van der Waals surface area contributed by atoms with Crippen LogP contribution in [0.1, 0.15) is 46.1 Å². The first-order valence-electron chi connectivity index (χ1n) is 6.89. The van der Waals surface area contributed by atoms with Crippen molar-refractivity contribution in [2.24, 2.45) is 0 Å². The van der Waals surface area contributed by atoms with Crippen LogP contribution in [0.15, 0.2) is 53.1 Å². The standard InChI is InChI=1S/C18H23F/c1-5-7-15(4)18(14(3)6-2)13-10-16-8-11-17(19)12-9-16/h7-13H,5-6H2,1-4H3/b13-10+,15-7-,18-14?. The first kappa shape index (κ1) is 15.4. The van der Waals surface area contributed by atoms with Crippen LogP contribution in [-0.4, -0.2) is 0 Å². The van der Waals surface area contributed by atoms with E-state index in [4.69, 9.17) is 0 Å². The Labute approximate surface area is 116 Å². The van der Waals surface area contributed by atoms with Crippen molar-refractivity contribution < 1.29 is 4.39 Å². The van der Waals surface area contributed by atoms with Crippen molar-refractivity contribution in [2.45, 2.75) is 40.5 Å². The SMILES string of the molecule is CC/C=C(/C)C(/C=C/c1ccc(F)cc1)=C(C)CC. The van der Waals surface area contributed by atoms with E-state index in [0.29, 0.717) is 0 Å². The fourth-order valence-electron chi connectivity index (χ4n) is 1.97. The molecule has 0 bridgehead atoms. The first-order chi connectivity index (χ1) is 9.08. The van der Waals surface area contributed by atoms with Crippen LogP contribution in [0.25, 0.3) is 6.08 Å². The minimum atomic E-state index is -0.195. The number of benzene rings is 1. The highest BCUT2D eigenvalue weighted by Gasteiger charge is 2.00. The fraction of sp³-hybridized carbons (Fsp3) is 0.333. The lowest BCUT2D eigenvalue weighted by molar-refractivity contribution is 0.628. The Hall–Kier alpha value is -1.63. The van der Waals surface area contributed by atoms with Gasteiger partial charge in [-0.25, -0.2) is 4.39 Å². The van der Waals surface area contributed by atoms with E-state index < -0.39 is 0 Å². The average molecular weight is 258 g/mol. The van der Waals surface area contributed by atoms with Crippen LogP contribution in [0.4, 0.5) is 4.39 Å². The van der Waals surface area contributed by atoms with E-state index in [1.165, 1.54) is 28.9 Å². The van der Waals surface area contributed by atoms with Crippen molar-refractivity contribution in [2.75, 3.05) is 0 Å². The van der Waals surface area contributed by atoms with Gasteiger partial charge in [-0.3, -0.25) is 0 Å². The Bertz CT molecular complexity index is 487. The minimum absolute atomic E-state index is 0.195. The topological polar surface area (TPSA) is 0 Å². The van der Waals surface area contributed by atoms with Crippen molar-refractivity contribution in [3.8, 4) is 0 Å². The smallest absolute Gasteiger partial charge is 0.123 e. The van der Waals surface area contributed by atoms with Crippen molar-refractivity contribution in [1.29, 1.82) is 0 Å². The molecular formula is C18H23F. The highest BCUT2D eigenvalue weighted by atomic mass is 19.1. The number of hydrogen-bond acceptors (Lipinski definition) is 0. The van der Waals surface area contributed by atoms with E-state index in [-0.39, 0.29) is 5.82 Å². The molecule has 0 N–H and O–H groups in total. The second-order valence-corrected chi connectivity index (χ2v) is 4.73. The van der Waals surface area contributed by atoms with Gasteiger partial charge in [-0.05, 0) is 55.5 Å². The van der Waals surface area contributed by atoms with Gasteiger partial charge in [0.1, 0.15) is 5.82 Å². The van der Waals surface area contributed by atoms with Crippen molar-refractivity contribution in [1.82, 2.24) is 0 Å². The van der Waals surface area contributed by atoms with Gasteiger partial charge in [0.15, 0.2) is 0 Å². The molecule has 0 saturated heterocycles. The van der Waals surface area contributed by atoms with Crippen LogP contribution in [0, 0.1) is 5.82 Å². The molecule has 0 nitrogen and oxygen atoms in total. The van der Waals surface area contributed by atoms with E-state index in [0.717, 1.165) is 18.4 Å². The second kappa shape index (κ2) is 7.73.